The molecular weight excluding hydrogens is 555 g/mol. The number of rotatable bonds is 5. The van der Waals surface area contributed by atoms with E-state index >= 15 is 0 Å². The first-order chi connectivity index (χ1) is 17.8. The summed E-state index contributed by atoms with van der Waals surface area (Å²) in [6.07, 6.45) is 1.65. The van der Waals surface area contributed by atoms with Crippen molar-refractivity contribution < 1.29 is 13.9 Å². The maximum atomic E-state index is 13.7. The van der Waals surface area contributed by atoms with Crippen molar-refractivity contribution in [2.75, 3.05) is 6.61 Å². The SMILES string of the molecule is CCOC(=O)C1=C(C)N=c2s/c(=C/c3ccc(-c4cc(Cl)ccc4Cl)o3)c(=O)n2[C@@H]1c1ccc(Cl)cc1. The van der Waals surface area contributed by atoms with Crippen LogP contribution >= 0.6 is 46.1 Å². The summed E-state index contributed by atoms with van der Waals surface area (Å²) in [6.45, 7) is 3.67. The third-order valence-corrected chi connectivity index (χ3v) is 7.60. The fraction of sp³-hybridized carbons (Fsp3) is 0.148. The molecule has 1 aliphatic heterocycles. The molecular formula is C27H19Cl3N2O4S. The molecule has 1 atom stereocenters. The molecule has 0 saturated heterocycles. The molecule has 0 bridgehead atoms. The first-order valence-corrected chi connectivity index (χ1v) is 13.2. The van der Waals surface area contributed by atoms with E-state index in [1.807, 2.05) is 0 Å². The minimum atomic E-state index is -0.716. The van der Waals surface area contributed by atoms with E-state index in [2.05, 4.69) is 4.99 Å². The van der Waals surface area contributed by atoms with Gasteiger partial charge in [0.1, 0.15) is 11.5 Å². The van der Waals surface area contributed by atoms with Gasteiger partial charge >= 0.3 is 5.97 Å². The van der Waals surface area contributed by atoms with Gasteiger partial charge in [-0.25, -0.2) is 9.79 Å². The molecule has 188 valence electrons. The fourth-order valence-corrected chi connectivity index (χ4v) is 5.68. The second-order valence-corrected chi connectivity index (χ2v) is 10.5. The monoisotopic (exact) mass is 572 g/mol. The van der Waals surface area contributed by atoms with Crippen molar-refractivity contribution in [3.63, 3.8) is 0 Å². The van der Waals surface area contributed by atoms with E-state index < -0.39 is 12.0 Å². The summed E-state index contributed by atoms with van der Waals surface area (Å²) in [6, 6.07) is 14.9. The number of esters is 1. The van der Waals surface area contributed by atoms with E-state index in [0.717, 1.165) is 0 Å². The largest absolute Gasteiger partial charge is 0.463 e. The number of aromatic nitrogens is 1. The number of allylic oxidation sites excluding steroid dienone is 1. The summed E-state index contributed by atoms with van der Waals surface area (Å²) in [5.41, 5.74) is 1.84. The van der Waals surface area contributed by atoms with E-state index in [1.165, 1.54) is 15.9 Å². The normalized spacial score (nSPS) is 15.5. The topological polar surface area (TPSA) is 73.8 Å². The number of furan rings is 1. The molecule has 0 amide bonds. The third-order valence-electron chi connectivity index (χ3n) is 5.80. The quantitative estimate of drug-likeness (QED) is 0.274. The number of thiazole rings is 1. The van der Waals surface area contributed by atoms with Crippen molar-refractivity contribution in [2.24, 2.45) is 4.99 Å². The molecule has 0 N–H and O–H groups in total. The van der Waals surface area contributed by atoms with Crippen LogP contribution in [0.3, 0.4) is 0 Å². The first-order valence-electron chi connectivity index (χ1n) is 11.3. The van der Waals surface area contributed by atoms with E-state index in [9.17, 15) is 9.59 Å². The van der Waals surface area contributed by atoms with E-state index in [0.29, 0.717) is 58.3 Å². The number of benzene rings is 2. The molecule has 0 saturated carbocycles. The maximum Gasteiger partial charge on any atom is 0.338 e. The number of nitrogens with zero attached hydrogens (tertiary/aromatic N) is 2. The lowest BCUT2D eigenvalue weighted by molar-refractivity contribution is -0.139. The Bertz CT molecular complexity index is 1730. The van der Waals surface area contributed by atoms with Gasteiger partial charge in [-0.2, -0.15) is 0 Å². The van der Waals surface area contributed by atoms with Crippen LogP contribution in [0.5, 0.6) is 0 Å². The number of halogens is 3. The molecule has 10 heteroatoms. The highest BCUT2D eigenvalue weighted by atomic mass is 35.5. The molecule has 6 nitrogen and oxygen atoms in total. The lowest BCUT2D eigenvalue weighted by Crippen LogP contribution is -2.39. The summed E-state index contributed by atoms with van der Waals surface area (Å²) in [5.74, 6) is 0.457. The molecule has 2 aromatic heterocycles. The molecule has 0 spiro atoms. The summed E-state index contributed by atoms with van der Waals surface area (Å²) in [4.78, 5) is 31.7. The van der Waals surface area contributed by atoms with Gasteiger partial charge in [0.2, 0.25) is 0 Å². The highest BCUT2D eigenvalue weighted by molar-refractivity contribution is 7.07. The van der Waals surface area contributed by atoms with E-state index in [-0.39, 0.29) is 12.2 Å². The smallest absolute Gasteiger partial charge is 0.338 e. The van der Waals surface area contributed by atoms with Crippen LogP contribution in [-0.2, 0) is 9.53 Å². The van der Waals surface area contributed by atoms with Crippen molar-refractivity contribution in [2.45, 2.75) is 19.9 Å². The Kier molecular flexibility index (Phi) is 7.14. The van der Waals surface area contributed by atoms with Crippen LogP contribution in [0.2, 0.25) is 15.1 Å². The Labute approximate surface area is 230 Å². The van der Waals surface area contributed by atoms with Crippen LogP contribution < -0.4 is 14.9 Å². The van der Waals surface area contributed by atoms with Gasteiger partial charge in [-0.3, -0.25) is 9.36 Å². The van der Waals surface area contributed by atoms with Gasteiger partial charge < -0.3 is 9.15 Å². The molecule has 1 aliphatic rings. The standard InChI is InChI=1S/C27H19Cl3N2O4S/c1-3-35-26(34)23-14(2)31-27-32(24(23)15-4-6-16(28)7-5-15)25(33)22(37-27)13-18-9-11-21(36-18)19-12-17(29)8-10-20(19)30/h4-13,24H,3H2,1-2H3/b22-13+/t24-/m1/s1. The molecule has 5 rings (SSSR count). The summed E-state index contributed by atoms with van der Waals surface area (Å²) < 4.78 is 13.2. The van der Waals surface area contributed by atoms with Gasteiger partial charge in [-0.1, -0.05) is 58.3 Å². The predicted octanol–water partition coefficient (Wildman–Crippen LogP) is 6.02. The zero-order chi connectivity index (χ0) is 26.3. The molecule has 37 heavy (non-hydrogen) atoms. The zero-order valence-electron chi connectivity index (χ0n) is 19.6. The average Bonchev–Trinajstić information content (AvgIpc) is 3.45. The maximum absolute atomic E-state index is 13.7. The van der Waals surface area contributed by atoms with Crippen LogP contribution in [0.25, 0.3) is 17.4 Å². The highest BCUT2D eigenvalue weighted by Gasteiger charge is 2.33. The minimum Gasteiger partial charge on any atom is -0.463 e. The van der Waals surface area contributed by atoms with E-state index in [1.54, 1.807) is 74.5 Å². The van der Waals surface area contributed by atoms with Gasteiger partial charge in [-0.05, 0) is 61.9 Å². The number of ether oxygens (including phenoxy) is 1. The number of fused-ring (bicyclic) bond motifs is 1. The van der Waals surface area contributed by atoms with Crippen LogP contribution in [0.15, 0.2) is 80.1 Å². The molecule has 3 heterocycles. The summed E-state index contributed by atoms with van der Waals surface area (Å²) in [7, 11) is 0. The van der Waals surface area contributed by atoms with Crippen molar-refractivity contribution in [3.05, 3.63) is 112 Å². The number of carbonyl (C=O) groups excluding carboxylic acids is 1. The van der Waals surface area contributed by atoms with Crippen LogP contribution in [-0.4, -0.2) is 17.1 Å². The number of hydrogen-bond acceptors (Lipinski definition) is 6. The van der Waals surface area contributed by atoms with Gasteiger partial charge in [-0.15, -0.1) is 0 Å². The number of hydrogen-bond donors (Lipinski definition) is 0. The Morgan fingerprint density at radius 3 is 2.57 bits per heavy atom. The summed E-state index contributed by atoms with van der Waals surface area (Å²) >= 11 is 19.7. The molecule has 0 aliphatic carbocycles. The fourth-order valence-electron chi connectivity index (χ4n) is 4.14. The van der Waals surface area contributed by atoms with Gasteiger partial charge in [0.15, 0.2) is 4.80 Å². The zero-order valence-corrected chi connectivity index (χ0v) is 22.7. The Hall–Kier alpha value is -3.10. The Morgan fingerprint density at radius 2 is 1.84 bits per heavy atom. The Morgan fingerprint density at radius 1 is 1.11 bits per heavy atom. The predicted molar refractivity (Wildman–Crippen MR) is 146 cm³/mol. The lowest BCUT2D eigenvalue weighted by atomic mass is 9.96. The Balaban J connectivity index is 1.64. The van der Waals surface area contributed by atoms with Gasteiger partial charge in [0.25, 0.3) is 5.56 Å². The average molecular weight is 574 g/mol. The second-order valence-electron chi connectivity index (χ2n) is 8.18. The van der Waals surface area contributed by atoms with Crippen molar-refractivity contribution >= 4 is 58.2 Å². The van der Waals surface area contributed by atoms with Crippen LogP contribution in [0.1, 0.15) is 31.2 Å². The van der Waals surface area contributed by atoms with Crippen molar-refractivity contribution in [1.29, 1.82) is 0 Å². The van der Waals surface area contributed by atoms with Crippen LogP contribution in [0, 0.1) is 0 Å². The molecule has 0 radical (unpaired) electrons. The molecule has 2 aromatic carbocycles. The van der Waals surface area contributed by atoms with Crippen molar-refractivity contribution in [3.8, 4) is 11.3 Å². The molecule has 4 aromatic rings. The van der Waals surface area contributed by atoms with E-state index in [4.69, 9.17) is 44.0 Å². The molecule has 0 unspecified atom stereocenters. The number of carbonyl (C=O) groups is 1. The van der Waals surface area contributed by atoms with Gasteiger partial charge in [0.05, 0.1) is 33.5 Å². The first kappa shape index (κ1) is 25.5. The lowest BCUT2D eigenvalue weighted by Gasteiger charge is -2.24. The van der Waals surface area contributed by atoms with Gasteiger partial charge in [0, 0.05) is 21.7 Å². The van der Waals surface area contributed by atoms with Crippen LogP contribution in [0.4, 0.5) is 0 Å². The highest BCUT2D eigenvalue weighted by Crippen LogP contribution is 2.33. The second kappa shape index (κ2) is 10.3. The minimum absolute atomic E-state index is 0.199. The summed E-state index contributed by atoms with van der Waals surface area (Å²) in [5, 5.41) is 1.57. The van der Waals surface area contributed by atoms with Crippen molar-refractivity contribution in [1.82, 2.24) is 4.57 Å². The third kappa shape index (κ3) is 4.92. The molecule has 0 fully saturated rings.